The van der Waals surface area contributed by atoms with Crippen LogP contribution in [0.3, 0.4) is 0 Å². The molecule has 3 rings (SSSR count). The monoisotopic (exact) mass is 275 g/mol. The molecule has 1 fully saturated rings. The van der Waals surface area contributed by atoms with Crippen molar-refractivity contribution in [3.05, 3.63) is 23.5 Å². The number of fused-ring (bicyclic) bond motifs is 1. The van der Waals surface area contributed by atoms with Crippen LogP contribution in [-0.4, -0.2) is 29.1 Å². The van der Waals surface area contributed by atoms with Crippen molar-refractivity contribution in [1.82, 2.24) is 9.47 Å². The van der Waals surface area contributed by atoms with E-state index in [1.165, 1.54) is 50.2 Å². The summed E-state index contributed by atoms with van der Waals surface area (Å²) in [7, 11) is 0. The molecule has 1 aromatic rings. The summed E-state index contributed by atoms with van der Waals surface area (Å²) in [6.45, 7) is 10.6. The molecular weight excluding hydrogens is 246 g/mol. The molecule has 2 heterocycles. The quantitative estimate of drug-likeness (QED) is 0.900. The highest BCUT2D eigenvalue weighted by Gasteiger charge is 2.34. The van der Waals surface area contributed by atoms with Gasteiger partial charge < -0.3 is 15.2 Å². The molecule has 2 N–H and O–H groups in total. The normalized spacial score (nSPS) is 30.2. The molecule has 1 aliphatic carbocycles. The van der Waals surface area contributed by atoms with Crippen molar-refractivity contribution in [3.8, 4) is 0 Å². The summed E-state index contributed by atoms with van der Waals surface area (Å²) in [4.78, 5) is 2.58. The van der Waals surface area contributed by atoms with E-state index in [2.05, 4.69) is 42.5 Å². The first-order chi connectivity index (χ1) is 9.50. The summed E-state index contributed by atoms with van der Waals surface area (Å²) < 4.78 is 2.55. The summed E-state index contributed by atoms with van der Waals surface area (Å²) in [6.07, 6.45) is 7.21. The Labute approximate surface area is 123 Å². The van der Waals surface area contributed by atoms with Crippen LogP contribution < -0.4 is 5.73 Å². The summed E-state index contributed by atoms with van der Waals surface area (Å²) >= 11 is 0. The molecule has 0 aromatic carbocycles. The summed E-state index contributed by atoms with van der Waals surface area (Å²) in [6, 6.07) is 3.15. The van der Waals surface area contributed by atoms with E-state index in [-0.39, 0.29) is 6.04 Å². The highest BCUT2D eigenvalue weighted by molar-refractivity contribution is 5.30. The number of nitrogens with two attached hydrogens (primary N) is 1. The van der Waals surface area contributed by atoms with Gasteiger partial charge in [0.2, 0.25) is 0 Å². The van der Waals surface area contributed by atoms with E-state index < -0.39 is 0 Å². The van der Waals surface area contributed by atoms with Gasteiger partial charge >= 0.3 is 0 Å². The number of rotatable bonds is 2. The second-order valence-corrected chi connectivity index (χ2v) is 7.47. The van der Waals surface area contributed by atoms with Crippen LogP contribution in [0.15, 0.2) is 12.3 Å². The van der Waals surface area contributed by atoms with Crippen LogP contribution >= 0.6 is 0 Å². The number of piperidine rings is 1. The van der Waals surface area contributed by atoms with Gasteiger partial charge in [-0.2, -0.15) is 0 Å². The van der Waals surface area contributed by atoms with Crippen molar-refractivity contribution >= 4 is 0 Å². The molecule has 3 heteroatoms. The number of aromatic nitrogens is 1. The van der Waals surface area contributed by atoms with Gasteiger partial charge in [0.05, 0.1) is 0 Å². The Morgan fingerprint density at radius 3 is 2.95 bits per heavy atom. The standard InChI is InChI=1S/C17H29N3/c1-4-19-8-5-6-13(12-19)20-9-7-14-15(18)10-17(2,3)11-16(14)20/h7,9,13,15H,4-6,8,10-12,18H2,1-3H3. The minimum absolute atomic E-state index is 0.223. The van der Waals surface area contributed by atoms with Gasteiger partial charge in [-0.15, -0.1) is 0 Å². The Balaban J connectivity index is 1.88. The van der Waals surface area contributed by atoms with E-state index in [9.17, 15) is 0 Å². The number of nitrogens with zero attached hydrogens (tertiary/aromatic N) is 2. The van der Waals surface area contributed by atoms with Crippen molar-refractivity contribution in [1.29, 1.82) is 0 Å². The van der Waals surface area contributed by atoms with Gasteiger partial charge in [-0.05, 0) is 55.8 Å². The minimum Gasteiger partial charge on any atom is -0.347 e. The molecule has 0 saturated carbocycles. The molecule has 1 aliphatic heterocycles. The lowest BCUT2D eigenvalue weighted by atomic mass is 9.74. The van der Waals surface area contributed by atoms with Crippen molar-refractivity contribution in [2.45, 2.75) is 58.5 Å². The molecular formula is C17H29N3. The number of hydrogen-bond acceptors (Lipinski definition) is 2. The Morgan fingerprint density at radius 2 is 2.20 bits per heavy atom. The summed E-state index contributed by atoms with van der Waals surface area (Å²) in [5.41, 5.74) is 9.64. The maximum Gasteiger partial charge on any atom is 0.0461 e. The van der Waals surface area contributed by atoms with Crippen LogP contribution in [0.1, 0.15) is 63.4 Å². The number of likely N-dealkylation sites (tertiary alicyclic amines) is 1. The summed E-state index contributed by atoms with van der Waals surface area (Å²) in [5, 5.41) is 0. The molecule has 2 aliphatic rings. The molecule has 2 atom stereocenters. The third kappa shape index (κ3) is 2.53. The van der Waals surface area contributed by atoms with E-state index in [0.29, 0.717) is 11.5 Å². The largest absolute Gasteiger partial charge is 0.347 e. The second kappa shape index (κ2) is 5.19. The molecule has 2 unspecified atom stereocenters. The third-order valence-electron chi connectivity index (χ3n) is 5.20. The minimum atomic E-state index is 0.223. The van der Waals surface area contributed by atoms with Gasteiger partial charge in [0, 0.05) is 30.5 Å². The fourth-order valence-electron chi connectivity index (χ4n) is 4.15. The van der Waals surface area contributed by atoms with Crippen LogP contribution in [-0.2, 0) is 6.42 Å². The van der Waals surface area contributed by atoms with E-state index in [0.717, 1.165) is 6.42 Å². The Morgan fingerprint density at radius 1 is 1.40 bits per heavy atom. The van der Waals surface area contributed by atoms with E-state index in [1.807, 2.05) is 0 Å². The van der Waals surface area contributed by atoms with Crippen LogP contribution in [0.25, 0.3) is 0 Å². The highest BCUT2D eigenvalue weighted by atomic mass is 15.2. The molecule has 0 radical (unpaired) electrons. The highest BCUT2D eigenvalue weighted by Crippen LogP contribution is 2.41. The lowest BCUT2D eigenvalue weighted by molar-refractivity contribution is 0.179. The molecule has 20 heavy (non-hydrogen) atoms. The lowest BCUT2D eigenvalue weighted by Crippen LogP contribution is -2.38. The van der Waals surface area contributed by atoms with E-state index >= 15 is 0 Å². The van der Waals surface area contributed by atoms with Crippen molar-refractivity contribution in [3.63, 3.8) is 0 Å². The fourth-order valence-corrected chi connectivity index (χ4v) is 4.15. The first-order valence-corrected chi connectivity index (χ1v) is 8.18. The molecule has 0 bridgehead atoms. The van der Waals surface area contributed by atoms with Gasteiger partial charge in [-0.3, -0.25) is 0 Å². The van der Waals surface area contributed by atoms with Crippen LogP contribution in [0.5, 0.6) is 0 Å². The maximum absolute atomic E-state index is 6.39. The van der Waals surface area contributed by atoms with Gasteiger partial charge in [-0.25, -0.2) is 0 Å². The first kappa shape index (κ1) is 14.2. The third-order valence-corrected chi connectivity index (χ3v) is 5.20. The maximum atomic E-state index is 6.39. The average molecular weight is 275 g/mol. The molecule has 1 aromatic heterocycles. The van der Waals surface area contributed by atoms with Crippen LogP contribution in [0.4, 0.5) is 0 Å². The topological polar surface area (TPSA) is 34.2 Å². The Kier molecular flexibility index (Phi) is 3.67. The molecule has 1 saturated heterocycles. The predicted octanol–water partition coefficient (Wildman–Crippen LogP) is 3.12. The zero-order valence-electron chi connectivity index (χ0n) is 13.2. The van der Waals surface area contributed by atoms with Gasteiger partial charge in [-0.1, -0.05) is 20.8 Å². The molecule has 112 valence electrons. The van der Waals surface area contributed by atoms with E-state index in [4.69, 9.17) is 5.73 Å². The molecule has 0 amide bonds. The predicted molar refractivity (Wildman–Crippen MR) is 83.8 cm³/mol. The zero-order chi connectivity index (χ0) is 14.3. The van der Waals surface area contributed by atoms with Gasteiger partial charge in [0.15, 0.2) is 0 Å². The zero-order valence-corrected chi connectivity index (χ0v) is 13.2. The van der Waals surface area contributed by atoms with Crippen molar-refractivity contribution in [2.75, 3.05) is 19.6 Å². The van der Waals surface area contributed by atoms with Gasteiger partial charge in [0.1, 0.15) is 0 Å². The Hall–Kier alpha value is -0.800. The molecule has 3 nitrogen and oxygen atoms in total. The van der Waals surface area contributed by atoms with Crippen LogP contribution in [0, 0.1) is 5.41 Å². The lowest BCUT2D eigenvalue weighted by Gasteiger charge is -2.38. The van der Waals surface area contributed by atoms with Gasteiger partial charge in [0.25, 0.3) is 0 Å². The number of hydrogen-bond donors (Lipinski definition) is 1. The number of likely N-dealkylation sites (N-methyl/N-ethyl adjacent to an activating group) is 1. The SMILES string of the molecule is CCN1CCCC(n2ccc3c2CC(C)(C)CC3N)C1. The Bertz CT molecular complexity index is 475. The fraction of sp³-hybridized carbons (Fsp3) is 0.765. The van der Waals surface area contributed by atoms with E-state index in [1.54, 1.807) is 0 Å². The summed E-state index contributed by atoms with van der Waals surface area (Å²) in [5.74, 6) is 0. The average Bonchev–Trinajstić information content (AvgIpc) is 2.81. The molecule has 0 spiro atoms. The first-order valence-electron chi connectivity index (χ1n) is 8.18. The van der Waals surface area contributed by atoms with Crippen molar-refractivity contribution in [2.24, 2.45) is 11.1 Å². The smallest absolute Gasteiger partial charge is 0.0461 e. The second-order valence-electron chi connectivity index (χ2n) is 7.47. The van der Waals surface area contributed by atoms with Crippen molar-refractivity contribution < 1.29 is 0 Å². The van der Waals surface area contributed by atoms with Crippen LogP contribution in [0.2, 0.25) is 0 Å².